The summed E-state index contributed by atoms with van der Waals surface area (Å²) >= 11 is 1.68. The fourth-order valence-electron chi connectivity index (χ4n) is 2.93. The molecule has 2 amide bonds. The number of carbonyl (C=O) groups excluding carboxylic acids is 1. The van der Waals surface area contributed by atoms with E-state index in [0.29, 0.717) is 6.61 Å². The molecule has 116 valence electrons. The van der Waals surface area contributed by atoms with Crippen LogP contribution in [0.15, 0.2) is 41.1 Å². The minimum Gasteiger partial charge on any atom is -0.380 e. The second-order valence-corrected chi connectivity index (χ2v) is 6.21. The van der Waals surface area contributed by atoms with Crippen LogP contribution in [0, 0.1) is 0 Å². The van der Waals surface area contributed by atoms with E-state index >= 15 is 0 Å². The molecule has 5 heteroatoms. The number of hydrogen-bond acceptors (Lipinski definition) is 3. The lowest BCUT2D eigenvalue weighted by atomic mass is 10.1. The molecule has 1 aliphatic heterocycles. The van der Waals surface area contributed by atoms with E-state index in [0.717, 1.165) is 30.6 Å². The predicted molar refractivity (Wildman–Crippen MR) is 89.2 cm³/mol. The molecule has 1 saturated heterocycles. The summed E-state index contributed by atoms with van der Waals surface area (Å²) < 4.78 is 5.19. The number of para-hydroxylation sites is 1. The van der Waals surface area contributed by atoms with Gasteiger partial charge in [0.2, 0.25) is 0 Å². The number of nitrogens with zero attached hydrogens (tertiary/aromatic N) is 1. The normalized spacial score (nSPS) is 17.7. The number of ether oxygens (including phenoxy) is 1. The first-order valence-corrected chi connectivity index (χ1v) is 8.40. The number of amides is 2. The standard InChI is InChI=1S/C17H20N2O2S/c1-21-11-13-5-2-3-6-15(13)18-17(20)19-9-4-7-16(19)14-8-10-22-12-14/h2-3,5-6,8,10,12,16H,4,7,9,11H2,1H3,(H,18,20)/t16-/m0/s1. The van der Waals surface area contributed by atoms with Crippen LogP contribution in [0.1, 0.15) is 30.0 Å². The van der Waals surface area contributed by atoms with Crippen LogP contribution in [-0.4, -0.2) is 24.6 Å². The maximum absolute atomic E-state index is 12.7. The van der Waals surface area contributed by atoms with Crippen LogP contribution in [0.3, 0.4) is 0 Å². The largest absolute Gasteiger partial charge is 0.380 e. The van der Waals surface area contributed by atoms with Crippen LogP contribution < -0.4 is 5.32 Å². The third kappa shape index (κ3) is 3.15. The third-order valence-corrected chi connectivity index (χ3v) is 4.70. The second-order valence-electron chi connectivity index (χ2n) is 5.43. The number of thiophene rings is 1. The highest BCUT2D eigenvalue weighted by atomic mass is 32.1. The molecule has 1 aromatic heterocycles. The van der Waals surface area contributed by atoms with Gasteiger partial charge in [-0.05, 0) is 41.3 Å². The molecule has 4 nitrogen and oxygen atoms in total. The van der Waals surface area contributed by atoms with E-state index < -0.39 is 0 Å². The molecule has 1 aliphatic rings. The summed E-state index contributed by atoms with van der Waals surface area (Å²) in [5.41, 5.74) is 3.05. The first kappa shape index (κ1) is 15.1. The molecule has 1 fully saturated rings. The van der Waals surface area contributed by atoms with Crippen molar-refractivity contribution >= 4 is 23.1 Å². The van der Waals surface area contributed by atoms with Gasteiger partial charge in [0.1, 0.15) is 0 Å². The maximum Gasteiger partial charge on any atom is 0.322 e. The van der Waals surface area contributed by atoms with Crippen LogP contribution >= 0.6 is 11.3 Å². The molecule has 0 radical (unpaired) electrons. The Labute approximate surface area is 134 Å². The van der Waals surface area contributed by atoms with Gasteiger partial charge in [-0.3, -0.25) is 0 Å². The van der Waals surface area contributed by atoms with Gasteiger partial charge in [0.25, 0.3) is 0 Å². The summed E-state index contributed by atoms with van der Waals surface area (Å²) in [4.78, 5) is 14.6. The fourth-order valence-corrected chi connectivity index (χ4v) is 3.64. The van der Waals surface area contributed by atoms with Gasteiger partial charge in [-0.15, -0.1) is 0 Å². The highest BCUT2D eigenvalue weighted by Crippen LogP contribution is 2.33. The van der Waals surface area contributed by atoms with Gasteiger partial charge in [0.05, 0.1) is 12.6 Å². The summed E-state index contributed by atoms with van der Waals surface area (Å²) in [5.74, 6) is 0. The average Bonchev–Trinajstić information content (AvgIpc) is 3.20. The monoisotopic (exact) mass is 316 g/mol. The molecule has 1 aromatic carbocycles. The first-order valence-electron chi connectivity index (χ1n) is 7.46. The molecular weight excluding hydrogens is 296 g/mol. The van der Waals surface area contributed by atoms with Gasteiger partial charge in [0.15, 0.2) is 0 Å². The van der Waals surface area contributed by atoms with Crippen LogP contribution in [0.4, 0.5) is 10.5 Å². The Morgan fingerprint density at radius 1 is 1.41 bits per heavy atom. The Hall–Kier alpha value is -1.85. The maximum atomic E-state index is 12.7. The number of methoxy groups -OCH3 is 1. The van der Waals surface area contributed by atoms with Crippen LogP contribution in [0.5, 0.6) is 0 Å². The average molecular weight is 316 g/mol. The quantitative estimate of drug-likeness (QED) is 0.915. The van der Waals surface area contributed by atoms with Crippen molar-refractivity contribution in [3.05, 3.63) is 52.2 Å². The van der Waals surface area contributed by atoms with E-state index in [4.69, 9.17) is 4.74 Å². The van der Waals surface area contributed by atoms with Crippen LogP contribution in [0.2, 0.25) is 0 Å². The van der Waals surface area contributed by atoms with Gasteiger partial charge in [-0.2, -0.15) is 11.3 Å². The van der Waals surface area contributed by atoms with Crippen LogP contribution in [-0.2, 0) is 11.3 Å². The molecule has 0 unspecified atom stereocenters. The Bertz CT molecular complexity index is 627. The molecule has 1 atom stereocenters. The van der Waals surface area contributed by atoms with Crippen molar-refractivity contribution in [2.75, 3.05) is 19.0 Å². The zero-order valence-corrected chi connectivity index (χ0v) is 13.4. The van der Waals surface area contributed by atoms with E-state index in [1.165, 1.54) is 5.56 Å². The van der Waals surface area contributed by atoms with Crippen LogP contribution in [0.25, 0.3) is 0 Å². The zero-order valence-electron chi connectivity index (χ0n) is 12.6. The smallest absolute Gasteiger partial charge is 0.322 e. The fraction of sp³-hybridized carbons (Fsp3) is 0.353. The lowest BCUT2D eigenvalue weighted by Crippen LogP contribution is -2.34. The lowest BCUT2D eigenvalue weighted by Gasteiger charge is -2.25. The number of anilines is 1. The van der Waals surface area contributed by atoms with Crippen molar-refractivity contribution < 1.29 is 9.53 Å². The molecule has 3 rings (SSSR count). The van der Waals surface area contributed by atoms with Crippen molar-refractivity contribution in [1.29, 1.82) is 0 Å². The van der Waals surface area contributed by atoms with Gasteiger partial charge >= 0.3 is 6.03 Å². The topological polar surface area (TPSA) is 41.6 Å². The Morgan fingerprint density at radius 2 is 2.27 bits per heavy atom. The molecule has 1 N–H and O–H groups in total. The molecule has 0 saturated carbocycles. The van der Waals surface area contributed by atoms with Crippen molar-refractivity contribution in [2.45, 2.75) is 25.5 Å². The molecular formula is C17H20N2O2S. The molecule has 2 heterocycles. The Kier molecular flexibility index (Phi) is 4.75. The molecule has 0 bridgehead atoms. The number of benzene rings is 1. The third-order valence-electron chi connectivity index (χ3n) is 4.00. The van der Waals surface area contributed by atoms with E-state index in [2.05, 4.69) is 22.1 Å². The minimum atomic E-state index is -0.0303. The van der Waals surface area contributed by atoms with E-state index in [1.807, 2.05) is 29.2 Å². The summed E-state index contributed by atoms with van der Waals surface area (Å²) in [7, 11) is 1.66. The highest BCUT2D eigenvalue weighted by Gasteiger charge is 2.30. The summed E-state index contributed by atoms with van der Waals surface area (Å²) in [6.45, 7) is 1.29. The number of carbonyl (C=O) groups is 1. The number of urea groups is 1. The summed E-state index contributed by atoms with van der Waals surface area (Å²) in [5, 5.41) is 7.24. The van der Waals surface area contributed by atoms with Gasteiger partial charge in [-0.25, -0.2) is 4.79 Å². The Balaban J connectivity index is 1.74. The summed E-state index contributed by atoms with van der Waals surface area (Å²) in [6.07, 6.45) is 2.08. The van der Waals surface area contributed by atoms with E-state index in [9.17, 15) is 4.79 Å². The number of nitrogens with one attached hydrogen (secondary N) is 1. The molecule has 2 aromatic rings. The van der Waals surface area contributed by atoms with E-state index in [-0.39, 0.29) is 12.1 Å². The van der Waals surface area contributed by atoms with Crippen molar-refractivity contribution in [2.24, 2.45) is 0 Å². The zero-order chi connectivity index (χ0) is 15.4. The predicted octanol–water partition coefficient (Wildman–Crippen LogP) is 4.26. The highest BCUT2D eigenvalue weighted by molar-refractivity contribution is 7.07. The Morgan fingerprint density at radius 3 is 3.05 bits per heavy atom. The lowest BCUT2D eigenvalue weighted by molar-refractivity contribution is 0.185. The van der Waals surface area contributed by atoms with Crippen molar-refractivity contribution in [3.63, 3.8) is 0 Å². The number of rotatable bonds is 4. The minimum absolute atomic E-state index is 0.0303. The molecule has 0 spiro atoms. The number of likely N-dealkylation sites (tertiary alicyclic amines) is 1. The molecule has 22 heavy (non-hydrogen) atoms. The van der Waals surface area contributed by atoms with Gasteiger partial charge in [-0.1, -0.05) is 18.2 Å². The number of hydrogen-bond donors (Lipinski definition) is 1. The SMILES string of the molecule is COCc1ccccc1NC(=O)N1CCC[C@H]1c1ccsc1. The van der Waals surface area contributed by atoms with E-state index in [1.54, 1.807) is 18.4 Å². The van der Waals surface area contributed by atoms with Crippen molar-refractivity contribution in [1.82, 2.24) is 4.90 Å². The molecule has 0 aliphatic carbocycles. The van der Waals surface area contributed by atoms with Gasteiger partial charge in [0, 0.05) is 24.9 Å². The van der Waals surface area contributed by atoms with Crippen molar-refractivity contribution in [3.8, 4) is 0 Å². The second kappa shape index (κ2) is 6.94. The van der Waals surface area contributed by atoms with Gasteiger partial charge < -0.3 is 15.0 Å². The first-order chi connectivity index (χ1) is 10.8. The summed E-state index contributed by atoms with van der Waals surface area (Å²) in [6, 6.07) is 10.0.